The number of aromatic nitrogens is 4. The van der Waals surface area contributed by atoms with Crippen molar-refractivity contribution in [3.8, 4) is 101 Å². The van der Waals surface area contributed by atoms with Gasteiger partial charge in [0.15, 0.2) is 11.6 Å². The van der Waals surface area contributed by atoms with Gasteiger partial charge in [-0.25, -0.2) is 19.9 Å². The predicted octanol–water partition coefficient (Wildman–Crippen LogP) is 15.5. The Balaban J connectivity index is 0.767. The zero-order chi connectivity index (χ0) is 44.6. The Bertz CT molecular complexity index is 3260. The average Bonchev–Trinajstić information content (AvgIpc) is 3.75. The van der Waals surface area contributed by atoms with Crippen molar-refractivity contribution in [3.05, 3.63) is 229 Å². The van der Waals surface area contributed by atoms with Crippen LogP contribution in [0.1, 0.15) is 49.9 Å². The molecule has 2 heterocycles. The lowest BCUT2D eigenvalue weighted by atomic mass is 9.80. The smallest absolute Gasteiger partial charge is 0.159 e. The Hall–Kier alpha value is -8.08. The van der Waals surface area contributed by atoms with Crippen LogP contribution < -0.4 is 0 Å². The molecule has 0 bridgehead atoms. The van der Waals surface area contributed by atoms with Crippen LogP contribution in [0.5, 0.6) is 0 Å². The third-order valence-electron chi connectivity index (χ3n) is 14.2. The summed E-state index contributed by atoms with van der Waals surface area (Å²) >= 11 is 0. The molecule has 2 aliphatic carbocycles. The molecule has 0 amide bonds. The van der Waals surface area contributed by atoms with Gasteiger partial charge in [0.05, 0.1) is 0 Å². The van der Waals surface area contributed by atoms with Crippen LogP contribution in [0.3, 0.4) is 0 Å². The molecule has 4 nitrogen and oxygen atoms in total. The fourth-order valence-electron chi connectivity index (χ4n) is 10.5. The molecule has 66 heavy (non-hydrogen) atoms. The van der Waals surface area contributed by atoms with Crippen molar-refractivity contribution in [2.45, 2.75) is 38.5 Å². The van der Waals surface area contributed by atoms with E-state index < -0.39 is 0 Å². The van der Waals surface area contributed by atoms with Gasteiger partial charge in [0.2, 0.25) is 0 Å². The maximum atomic E-state index is 4.48. The summed E-state index contributed by atoms with van der Waals surface area (Å²) in [4.78, 5) is 17.9. The van der Waals surface area contributed by atoms with Gasteiger partial charge in [-0.15, -0.1) is 0 Å². The third kappa shape index (κ3) is 6.60. The third-order valence-corrected chi connectivity index (χ3v) is 14.2. The normalized spacial score (nSPS) is 13.7. The molecule has 2 aromatic heterocycles. The van der Waals surface area contributed by atoms with E-state index in [0.717, 1.165) is 33.9 Å². The first-order chi connectivity index (χ1) is 32.2. The topological polar surface area (TPSA) is 51.6 Å². The molecule has 10 aromatic rings. The van der Waals surface area contributed by atoms with Crippen molar-refractivity contribution in [2.24, 2.45) is 0 Å². The molecule has 0 atom stereocenters. The van der Waals surface area contributed by atoms with Crippen LogP contribution in [0, 0.1) is 0 Å². The van der Waals surface area contributed by atoms with Gasteiger partial charge >= 0.3 is 0 Å². The molecule has 314 valence electrons. The van der Waals surface area contributed by atoms with Gasteiger partial charge in [0.1, 0.15) is 0 Å². The number of fused-ring (bicyclic) bond motifs is 6. The van der Waals surface area contributed by atoms with Crippen LogP contribution in [-0.2, 0) is 10.8 Å². The molecule has 0 fully saturated rings. The van der Waals surface area contributed by atoms with Gasteiger partial charge < -0.3 is 0 Å². The molecule has 0 radical (unpaired) electrons. The van der Waals surface area contributed by atoms with Crippen molar-refractivity contribution < 1.29 is 0 Å². The molecule has 0 aliphatic heterocycles. The van der Waals surface area contributed by atoms with Crippen LogP contribution in [0.25, 0.3) is 101 Å². The average molecular weight is 847 g/mol. The van der Waals surface area contributed by atoms with Crippen LogP contribution in [0.2, 0.25) is 0 Å². The highest BCUT2D eigenvalue weighted by Gasteiger charge is 2.37. The number of nitrogens with zero attached hydrogens (tertiary/aromatic N) is 4. The number of rotatable bonds is 7. The Morgan fingerprint density at radius 3 is 0.803 bits per heavy atom. The zero-order valence-electron chi connectivity index (χ0n) is 37.4. The second-order valence-electron chi connectivity index (χ2n) is 18.8. The summed E-state index contributed by atoms with van der Waals surface area (Å²) in [6.45, 7) is 9.42. The molecular formula is C62H46N4. The van der Waals surface area contributed by atoms with Gasteiger partial charge in [-0.2, -0.15) is 0 Å². The molecule has 2 aliphatic rings. The van der Waals surface area contributed by atoms with Crippen molar-refractivity contribution >= 4 is 0 Å². The van der Waals surface area contributed by atoms with Gasteiger partial charge in [0, 0.05) is 46.7 Å². The standard InChI is InChI=1S/C62H46N4/c1-61(2)55-35-45(21-25-51(55)53-27-23-47(37-57(53)61)43-9-5-11-49(33-43)59-63-29-7-30-64-59)41-17-13-39(14-18-41)40-15-19-42(20-16-40)46-22-26-52-54-28-24-48(38-58(54)62(3,4)56(52)36-46)44-10-6-12-50(34-44)60-65-31-8-32-66-60/h5-38H,1-4H3. The maximum Gasteiger partial charge on any atom is 0.159 e. The van der Waals surface area contributed by atoms with Gasteiger partial charge in [-0.05, 0) is 149 Å². The largest absolute Gasteiger partial charge is 0.237 e. The molecule has 0 N–H and O–H groups in total. The summed E-state index contributed by atoms with van der Waals surface area (Å²) in [7, 11) is 0. The van der Waals surface area contributed by atoms with E-state index >= 15 is 0 Å². The lowest BCUT2D eigenvalue weighted by Gasteiger charge is -2.23. The van der Waals surface area contributed by atoms with E-state index in [1.54, 1.807) is 24.8 Å². The van der Waals surface area contributed by atoms with Crippen molar-refractivity contribution in [3.63, 3.8) is 0 Å². The van der Waals surface area contributed by atoms with E-state index in [9.17, 15) is 0 Å². The van der Waals surface area contributed by atoms with Crippen molar-refractivity contribution in [1.82, 2.24) is 19.9 Å². The van der Waals surface area contributed by atoms with E-state index in [0.29, 0.717) is 0 Å². The SMILES string of the molecule is CC1(C)c2cc(-c3ccc(-c4ccc(-c5ccc6c(c5)C(C)(C)c5cc(-c7cccc(-c8ncccn8)c7)ccc5-6)cc4)cc3)ccc2-c2ccc(-c3cccc(-c4ncccn4)c3)cc21. The van der Waals surface area contributed by atoms with Gasteiger partial charge in [0.25, 0.3) is 0 Å². The summed E-state index contributed by atoms with van der Waals surface area (Å²) in [5.41, 5.74) is 24.5. The molecule has 4 heteroatoms. The summed E-state index contributed by atoms with van der Waals surface area (Å²) in [6.07, 6.45) is 7.17. The Kier molecular flexibility index (Phi) is 9.15. The molecular weight excluding hydrogens is 801 g/mol. The van der Waals surface area contributed by atoms with Crippen molar-refractivity contribution in [2.75, 3.05) is 0 Å². The summed E-state index contributed by atoms with van der Waals surface area (Å²) in [5.74, 6) is 1.48. The van der Waals surface area contributed by atoms with Crippen LogP contribution in [0.4, 0.5) is 0 Å². The second-order valence-corrected chi connectivity index (χ2v) is 18.8. The summed E-state index contributed by atoms with van der Waals surface area (Å²) < 4.78 is 0. The summed E-state index contributed by atoms with van der Waals surface area (Å²) in [6, 6.07) is 66.7. The highest BCUT2D eigenvalue weighted by molar-refractivity contribution is 5.88. The predicted molar refractivity (Wildman–Crippen MR) is 271 cm³/mol. The minimum atomic E-state index is -0.146. The molecule has 0 unspecified atom stereocenters. The zero-order valence-corrected chi connectivity index (χ0v) is 37.4. The number of benzene rings is 8. The van der Waals surface area contributed by atoms with E-state index in [2.05, 4.69) is 217 Å². The van der Waals surface area contributed by atoms with E-state index in [1.165, 1.54) is 89.0 Å². The van der Waals surface area contributed by atoms with Gasteiger partial charge in [-0.3, -0.25) is 0 Å². The van der Waals surface area contributed by atoms with Crippen LogP contribution in [0.15, 0.2) is 207 Å². The first kappa shape index (κ1) is 39.5. The van der Waals surface area contributed by atoms with E-state index in [4.69, 9.17) is 0 Å². The van der Waals surface area contributed by atoms with Crippen molar-refractivity contribution in [1.29, 1.82) is 0 Å². The highest BCUT2D eigenvalue weighted by Crippen LogP contribution is 2.52. The number of hydrogen-bond acceptors (Lipinski definition) is 4. The first-order valence-electron chi connectivity index (χ1n) is 22.7. The second kappa shape index (κ2) is 15.3. The fraction of sp³-hybridized carbons (Fsp3) is 0.0968. The Morgan fingerprint density at radius 2 is 0.485 bits per heavy atom. The summed E-state index contributed by atoms with van der Waals surface area (Å²) in [5, 5.41) is 0. The van der Waals surface area contributed by atoms with Gasteiger partial charge in [-0.1, -0.05) is 161 Å². The maximum absolute atomic E-state index is 4.48. The Labute approximate surface area is 386 Å². The Morgan fingerprint density at radius 1 is 0.242 bits per heavy atom. The minimum Gasteiger partial charge on any atom is -0.237 e. The molecule has 0 spiro atoms. The number of hydrogen-bond donors (Lipinski definition) is 0. The molecule has 0 saturated heterocycles. The lowest BCUT2D eigenvalue weighted by molar-refractivity contribution is 0.660. The monoisotopic (exact) mass is 846 g/mol. The van der Waals surface area contributed by atoms with E-state index in [-0.39, 0.29) is 10.8 Å². The molecule has 12 rings (SSSR count). The highest BCUT2D eigenvalue weighted by atomic mass is 14.9. The van der Waals surface area contributed by atoms with E-state index in [1.807, 2.05) is 12.1 Å². The fourth-order valence-corrected chi connectivity index (χ4v) is 10.5. The minimum absolute atomic E-state index is 0.146. The quantitative estimate of drug-likeness (QED) is 0.160. The molecule has 8 aromatic carbocycles. The van der Waals surface area contributed by atoms with Crippen LogP contribution in [-0.4, -0.2) is 19.9 Å². The lowest BCUT2D eigenvalue weighted by Crippen LogP contribution is -2.15. The van der Waals surface area contributed by atoms with Crippen LogP contribution >= 0.6 is 0 Å². The molecule has 0 saturated carbocycles. The first-order valence-corrected chi connectivity index (χ1v) is 22.7.